The predicted octanol–water partition coefficient (Wildman–Crippen LogP) is 8.13. The maximum atomic E-state index is 13.0. The van der Waals surface area contributed by atoms with Gasteiger partial charge in [-0.2, -0.15) is 8.42 Å². The maximum absolute atomic E-state index is 13.0. The first kappa shape index (κ1) is 36.7. The first-order valence-electron chi connectivity index (χ1n) is 16.9. The van der Waals surface area contributed by atoms with Crippen molar-refractivity contribution in [2.75, 3.05) is 15.7 Å². The molecule has 0 bridgehead atoms. The Morgan fingerprint density at radius 2 is 1.61 bits per heavy atom. The second-order valence-corrected chi connectivity index (χ2v) is 15.4. The average Bonchev–Trinajstić information content (AvgIpc) is 3.82. The number of anilines is 2. The number of imidazole rings is 1. The highest BCUT2D eigenvalue weighted by molar-refractivity contribution is 7.92. The van der Waals surface area contributed by atoms with E-state index in [1.54, 1.807) is 63.2 Å². The van der Waals surface area contributed by atoms with E-state index in [9.17, 15) is 18.0 Å². The zero-order chi connectivity index (χ0) is 38.1. The van der Waals surface area contributed by atoms with Crippen LogP contribution in [0.1, 0.15) is 36.7 Å². The molecule has 15 heteroatoms. The third-order valence-corrected chi connectivity index (χ3v) is 10.6. The summed E-state index contributed by atoms with van der Waals surface area (Å²) in [5.41, 5.74) is 6.62. The Hall–Kier alpha value is -5.63. The van der Waals surface area contributed by atoms with E-state index in [0.29, 0.717) is 56.4 Å². The van der Waals surface area contributed by atoms with E-state index in [2.05, 4.69) is 5.16 Å². The van der Waals surface area contributed by atoms with Gasteiger partial charge in [0.15, 0.2) is 0 Å². The molecular formula is C39H34Cl2N6O6S. The number of carbonyl (C=O) groups is 2. The topological polar surface area (TPSA) is 140 Å². The summed E-state index contributed by atoms with van der Waals surface area (Å²) >= 11 is 12.7. The third kappa shape index (κ3) is 7.98. The molecule has 1 N–H and O–H groups in total. The number of amides is 2. The molecule has 0 spiro atoms. The number of nitrogens with one attached hydrogen (secondary N) is 1. The number of carbonyl (C=O) groups excluding carboxylic acids is 2. The van der Waals surface area contributed by atoms with Gasteiger partial charge in [-0.25, -0.2) is 18.8 Å². The van der Waals surface area contributed by atoms with Crippen molar-refractivity contribution in [3.05, 3.63) is 136 Å². The second-order valence-electron chi connectivity index (χ2n) is 13.0. The number of benzene rings is 4. The molecule has 0 radical (unpaired) electrons. The fourth-order valence-corrected chi connectivity index (χ4v) is 7.72. The van der Waals surface area contributed by atoms with Crippen molar-refractivity contribution < 1.29 is 27.3 Å². The highest BCUT2D eigenvalue weighted by Gasteiger charge is 2.34. The lowest BCUT2D eigenvalue weighted by Crippen LogP contribution is -2.32. The summed E-state index contributed by atoms with van der Waals surface area (Å²) in [6.07, 6.45) is 1.56. The van der Waals surface area contributed by atoms with E-state index >= 15 is 0 Å². The van der Waals surface area contributed by atoms with Crippen LogP contribution in [0, 0.1) is 6.92 Å². The van der Waals surface area contributed by atoms with E-state index in [4.69, 9.17) is 37.4 Å². The van der Waals surface area contributed by atoms with Crippen LogP contribution in [-0.4, -0.2) is 47.8 Å². The minimum absolute atomic E-state index is 0.196. The molecule has 0 aliphatic carbocycles. The van der Waals surface area contributed by atoms with Crippen LogP contribution in [-0.2, 0) is 32.7 Å². The fourth-order valence-electron chi connectivity index (χ4n) is 6.06. The van der Waals surface area contributed by atoms with Crippen molar-refractivity contribution in [3.8, 4) is 28.1 Å². The minimum Gasteiger partial charge on any atom is -0.446 e. The summed E-state index contributed by atoms with van der Waals surface area (Å²) in [5.74, 6) is 0.773. The Kier molecular flexibility index (Phi) is 10.2. The van der Waals surface area contributed by atoms with Gasteiger partial charge in [0, 0.05) is 40.6 Å². The van der Waals surface area contributed by atoms with Gasteiger partial charge in [0.05, 0.1) is 29.1 Å². The molecule has 12 nitrogen and oxygen atoms in total. The van der Waals surface area contributed by atoms with Crippen LogP contribution in [0.4, 0.5) is 16.2 Å². The molecule has 6 aromatic rings. The molecule has 4 aromatic carbocycles. The van der Waals surface area contributed by atoms with Crippen LogP contribution in [0.5, 0.6) is 0 Å². The average molecular weight is 786 g/mol. The first-order valence-corrected chi connectivity index (χ1v) is 19.1. The molecule has 0 unspecified atom stereocenters. The fraction of sp³-hybridized carbons (Fsp3) is 0.179. The Bertz CT molecular complexity index is 2450. The maximum Gasteiger partial charge on any atom is 0.414 e. The number of nitrogens with zero attached hydrogens (tertiary/aromatic N) is 5. The number of rotatable bonds is 10. The normalized spacial score (nSPS) is 13.7. The molecule has 0 atom stereocenters. The number of hydrogen-bond donors (Lipinski definition) is 1. The zero-order valence-corrected chi connectivity index (χ0v) is 31.7. The van der Waals surface area contributed by atoms with Crippen molar-refractivity contribution in [1.29, 1.82) is 0 Å². The van der Waals surface area contributed by atoms with Crippen LogP contribution >= 0.6 is 23.2 Å². The number of aromatic nitrogens is 3. The molecule has 7 rings (SSSR count). The number of halogens is 2. The summed E-state index contributed by atoms with van der Waals surface area (Å²) in [6.45, 7) is 5.31. The summed E-state index contributed by atoms with van der Waals surface area (Å²) in [6, 6.07) is 29.6. The van der Waals surface area contributed by atoms with Gasteiger partial charge < -0.3 is 13.8 Å². The number of hydrogen-bond acceptors (Lipinski definition) is 8. The van der Waals surface area contributed by atoms with Gasteiger partial charge in [-0.1, -0.05) is 64.8 Å². The molecule has 2 amide bonds. The third-order valence-electron chi connectivity index (χ3n) is 8.60. The molecule has 1 saturated heterocycles. The molecular weight excluding hydrogens is 751 g/mol. The van der Waals surface area contributed by atoms with Gasteiger partial charge in [-0.05, 0) is 92.1 Å². The van der Waals surface area contributed by atoms with E-state index in [1.807, 2.05) is 70.1 Å². The summed E-state index contributed by atoms with van der Waals surface area (Å²) < 4.78 is 40.5. The van der Waals surface area contributed by atoms with Gasteiger partial charge in [-0.3, -0.25) is 9.69 Å². The van der Waals surface area contributed by atoms with E-state index in [1.165, 1.54) is 4.90 Å². The van der Waals surface area contributed by atoms with Crippen molar-refractivity contribution in [3.63, 3.8) is 0 Å². The summed E-state index contributed by atoms with van der Waals surface area (Å²) in [5, 5.41) is 5.00. The Labute approximate surface area is 322 Å². The van der Waals surface area contributed by atoms with Crippen LogP contribution in [0.25, 0.3) is 28.1 Å². The summed E-state index contributed by atoms with van der Waals surface area (Å²) in [4.78, 5) is 31.3. The van der Waals surface area contributed by atoms with Crippen molar-refractivity contribution in [2.24, 2.45) is 0 Å². The largest absolute Gasteiger partial charge is 0.446 e. The van der Waals surface area contributed by atoms with E-state index in [-0.39, 0.29) is 19.2 Å². The molecule has 3 heterocycles. The van der Waals surface area contributed by atoms with Crippen molar-refractivity contribution in [1.82, 2.24) is 19.4 Å². The molecule has 276 valence electrons. The molecule has 2 aromatic heterocycles. The van der Waals surface area contributed by atoms with Gasteiger partial charge in [0.25, 0.3) is 5.91 Å². The second kappa shape index (κ2) is 15.0. The lowest BCUT2D eigenvalue weighted by atomic mass is 10.0. The number of aryl methyl sites for hydroxylation is 1. The zero-order valence-electron chi connectivity index (χ0n) is 29.4. The first-order chi connectivity index (χ1) is 25.8. The van der Waals surface area contributed by atoms with Crippen LogP contribution in [0.15, 0.2) is 108 Å². The SMILES string of the molecule is Cc1cc(CN(C(=O)OC(C)C)c2ccc(-c3ccc(Cc4nc(-c5ccc(Cl)cc5Cl)cn4-c4ccc(N5CC(=O)NS5(=O)=O)cc4)cc3)cc2)no1. The van der Waals surface area contributed by atoms with Gasteiger partial charge in [0.1, 0.15) is 23.8 Å². The lowest BCUT2D eigenvalue weighted by Gasteiger charge is -2.22. The standard InChI is InChI=1S/C39H34Cl2N6O6S/c1-24(2)52-39(49)46(21-30-18-25(3)53-43-30)32-11-8-28(9-12-32)27-6-4-26(5-7-27)19-37-42-36(34-17-10-29(40)20-35(34)41)22-45(37)31-13-15-33(16-14-31)47-23-38(48)44-54(47,50)51/h4-18,20,22,24H,19,21,23H2,1-3H3,(H,44,48). The summed E-state index contributed by atoms with van der Waals surface area (Å²) in [7, 11) is -3.94. The molecule has 54 heavy (non-hydrogen) atoms. The monoisotopic (exact) mass is 784 g/mol. The van der Waals surface area contributed by atoms with Crippen molar-refractivity contribution >= 4 is 56.8 Å². The molecule has 1 aliphatic rings. The Morgan fingerprint density at radius 3 is 2.20 bits per heavy atom. The highest BCUT2D eigenvalue weighted by atomic mass is 35.5. The van der Waals surface area contributed by atoms with E-state index < -0.39 is 22.2 Å². The molecule has 0 saturated carbocycles. The Balaban J connectivity index is 1.14. The molecule has 1 aliphatic heterocycles. The Morgan fingerprint density at radius 1 is 0.944 bits per heavy atom. The number of ether oxygens (including phenoxy) is 1. The van der Waals surface area contributed by atoms with Gasteiger partial charge in [0.2, 0.25) is 0 Å². The van der Waals surface area contributed by atoms with Crippen LogP contribution < -0.4 is 13.9 Å². The van der Waals surface area contributed by atoms with Gasteiger partial charge in [-0.15, -0.1) is 0 Å². The van der Waals surface area contributed by atoms with Crippen LogP contribution in [0.2, 0.25) is 10.0 Å². The molecule has 1 fully saturated rings. The van der Waals surface area contributed by atoms with E-state index in [0.717, 1.165) is 26.7 Å². The van der Waals surface area contributed by atoms with Crippen molar-refractivity contribution in [2.45, 2.75) is 39.8 Å². The highest BCUT2D eigenvalue weighted by Crippen LogP contribution is 2.33. The predicted molar refractivity (Wildman–Crippen MR) is 207 cm³/mol. The minimum atomic E-state index is -3.94. The smallest absolute Gasteiger partial charge is 0.414 e. The quantitative estimate of drug-likeness (QED) is 0.147. The lowest BCUT2D eigenvalue weighted by molar-refractivity contribution is -0.117. The van der Waals surface area contributed by atoms with Crippen LogP contribution in [0.3, 0.4) is 0 Å². The van der Waals surface area contributed by atoms with Gasteiger partial charge >= 0.3 is 16.3 Å².